The lowest BCUT2D eigenvalue weighted by molar-refractivity contribution is -0.138. The zero-order valence-electron chi connectivity index (χ0n) is 13.6. The zero-order chi connectivity index (χ0) is 18.0. The minimum Gasteiger partial charge on any atom is -0.333 e. The zero-order valence-corrected chi connectivity index (χ0v) is 14.4. The number of imide groups is 1. The molecule has 1 N–H and O–H groups in total. The lowest BCUT2D eigenvalue weighted by Crippen LogP contribution is -2.47. The Morgan fingerprint density at radius 3 is 2.52 bits per heavy atom. The number of nitrogens with zero attached hydrogens (tertiary/aromatic N) is 2. The van der Waals surface area contributed by atoms with E-state index in [1.807, 2.05) is 30.3 Å². The van der Waals surface area contributed by atoms with Crippen LogP contribution >= 0.6 is 0 Å². The molecule has 0 radical (unpaired) electrons. The Kier molecular flexibility index (Phi) is 4.76. The fourth-order valence-electron chi connectivity index (χ4n) is 3.06. The second kappa shape index (κ2) is 6.83. The molecule has 2 saturated heterocycles. The fraction of sp³-hybridized carbons (Fsp3) is 0.438. The predicted octanol–water partition coefficient (Wildman–Crippen LogP) is -0.246. The van der Waals surface area contributed by atoms with Crippen molar-refractivity contribution in [3.05, 3.63) is 35.9 Å². The van der Waals surface area contributed by atoms with E-state index in [4.69, 9.17) is 0 Å². The Balaban J connectivity index is 1.79. The van der Waals surface area contributed by atoms with Crippen LogP contribution in [-0.2, 0) is 26.0 Å². The second-order valence-corrected chi connectivity index (χ2v) is 8.43. The van der Waals surface area contributed by atoms with Crippen LogP contribution in [0, 0.1) is 0 Å². The average molecular weight is 365 g/mol. The summed E-state index contributed by atoms with van der Waals surface area (Å²) in [4.78, 5) is 38.4. The predicted molar refractivity (Wildman–Crippen MR) is 89.2 cm³/mol. The molecule has 2 aliphatic heterocycles. The molecule has 1 aromatic carbocycles. The third-order valence-corrected chi connectivity index (χ3v) is 6.15. The molecule has 0 unspecified atom stereocenters. The Hall–Kier alpha value is -2.42. The monoisotopic (exact) mass is 365 g/mol. The molecule has 2 aliphatic rings. The van der Waals surface area contributed by atoms with Gasteiger partial charge in [0, 0.05) is 12.6 Å². The summed E-state index contributed by atoms with van der Waals surface area (Å²) in [5, 5.41) is 2.37. The van der Waals surface area contributed by atoms with Crippen LogP contribution in [0.2, 0.25) is 0 Å². The van der Waals surface area contributed by atoms with E-state index >= 15 is 0 Å². The van der Waals surface area contributed by atoms with Crippen molar-refractivity contribution in [1.29, 1.82) is 0 Å². The van der Waals surface area contributed by atoms with Gasteiger partial charge in [0.25, 0.3) is 5.91 Å². The number of hydrogen-bond acceptors (Lipinski definition) is 5. The second-order valence-electron chi connectivity index (χ2n) is 6.20. The largest absolute Gasteiger partial charge is 0.333 e. The fourth-order valence-corrected chi connectivity index (χ4v) is 4.79. The van der Waals surface area contributed by atoms with Crippen molar-refractivity contribution in [1.82, 2.24) is 15.1 Å². The van der Waals surface area contributed by atoms with Crippen LogP contribution in [0.1, 0.15) is 12.0 Å². The molecular weight excluding hydrogens is 346 g/mol. The average Bonchev–Trinajstić information content (AvgIpc) is 3.09. The van der Waals surface area contributed by atoms with E-state index in [0.717, 1.165) is 10.5 Å². The number of nitrogens with one attached hydrogen (secondary N) is 1. The molecule has 0 aliphatic carbocycles. The van der Waals surface area contributed by atoms with Gasteiger partial charge in [-0.25, -0.2) is 13.2 Å². The molecule has 1 atom stereocenters. The number of carbonyl (C=O) groups is 3. The molecule has 0 spiro atoms. The molecule has 1 aromatic rings. The van der Waals surface area contributed by atoms with E-state index in [9.17, 15) is 22.8 Å². The van der Waals surface area contributed by atoms with Gasteiger partial charge >= 0.3 is 6.03 Å². The maximum absolute atomic E-state index is 12.7. The third kappa shape index (κ3) is 3.98. The molecule has 4 amide bonds. The molecule has 2 fully saturated rings. The van der Waals surface area contributed by atoms with Gasteiger partial charge in [-0.2, -0.15) is 0 Å². The van der Waals surface area contributed by atoms with Crippen molar-refractivity contribution >= 4 is 27.7 Å². The molecular formula is C16H19N3O5S. The molecule has 3 rings (SSSR count). The van der Waals surface area contributed by atoms with Crippen LogP contribution < -0.4 is 5.32 Å². The summed E-state index contributed by atoms with van der Waals surface area (Å²) in [6, 6.07) is 8.16. The number of hydrogen-bond donors (Lipinski definition) is 1. The van der Waals surface area contributed by atoms with Gasteiger partial charge in [-0.05, 0) is 12.0 Å². The highest BCUT2D eigenvalue weighted by atomic mass is 32.2. The van der Waals surface area contributed by atoms with Crippen molar-refractivity contribution in [2.24, 2.45) is 0 Å². The summed E-state index contributed by atoms with van der Waals surface area (Å²) >= 11 is 0. The Bertz CT molecular complexity index is 777. The summed E-state index contributed by atoms with van der Waals surface area (Å²) in [6.07, 6.45) is 0.362. The van der Waals surface area contributed by atoms with Crippen molar-refractivity contribution in [3.8, 4) is 0 Å². The van der Waals surface area contributed by atoms with Gasteiger partial charge < -0.3 is 10.2 Å². The highest BCUT2D eigenvalue weighted by Crippen LogP contribution is 2.21. The van der Waals surface area contributed by atoms with Crippen LogP contribution in [0.25, 0.3) is 0 Å². The minimum absolute atomic E-state index is 0.0410. The highest BCUT2D eigenvalue weighted by Gasteiger charge is 2.37. The Morgan fingerprint density at radius 1 is 1.24 bits per heavy atom. The maximum atomic E-state index is 12.7. The van der Waals surface area contributed by atoms with E-state index in [1.54, 1.807) is 0 Å². The summed E-state index contributed by atoms with van der Waals surface area (Å²) in [5.41, 5.74) is 0.859. The van der Waals surface area contributed by atoms with Crippen molar-refractivity contribution in [2.75, 3.05) is 24.6 Å². The molecule has 25 heavy (non-hydrogen) atoms. The summed E-state index contributed by atoms with van der Waals surface area (Å²) in [6.45, 7) is -0.264. The topological polar surface area (TPSA) is 104 Å². The summed E-state index contributed by atoms with van der Waals surface area (Å²) in [5.74, 6) is -0.946. The molecule has 0 bridgehead atoms. The van der Waals surface area contributed by atoms with Gasteiger partial charge in [-0.1, -0.05) is 30.3 Å². The van der Waals surface area contributed by atoms with E-state index in [1.165, 1.54) is 4.90 Å². The molecule has 8 nitrogen and oxygen atoms in total. The number of sulfone groups is 1. The molecule has 0 saturated carbocycles. The minimum atomic E-state index is -3.17. The molecule has 9 heteroatoms. The molecule has 2 heterocycles. The normalized spacial score (nSPS) is 22.1. The van der Waals surface area contributed by atoms with Crippen molar-refractivity contribution in [2.45, 2.75) is 19.0 Å². The quantitative estimate of drug-likeness (QED) is 0.725. The number of benzene rings is 1. The van der Waals surface area contributed by atoms with E-state index in [-0.39, 0.29) is 31.1 Å². The first kappa shape index (κ1) is 17.4. The van der Waals surface area contributed by atoms with Crippen molar-refractivity contribution < 1.29 is 22.8 Å². The van der Waals surface area contributed by atoms with Crippen LogP contribution in [0.4, 0.5) is 4.79 Å². The smallest absolute Gasteiger partial charge is 0.325 e. The van der Waals surface area contributed by atoms with Crippen LogP contribution in [0.15, 0.2) is 30.3 Å². The van der Waals surface area contributed by atoms with E-state index < -0.39 is 33.7 Å². The first-order chi connectivity index (χ1) is 11.9. The number of rotatable bonds is 5. The molecule has 0 aromatic heterocycles. The van der Waals surface area contributed by atoms with Gasteiger partial charge in [-0.3, -0.25) is 14.5 Å². The first-order valence-electron chi connectivity index (χ1n) is 7.98. The van der Waals surface area contributed by atoms with Gasteiger partial charge in [0.2, 0.25) is 5.91 Å². The Labute approximate surface area is 145 Å². The number of amides is 4. The van der Waals surface area contributed by atoms with Crippen LogP contribution in [-0.4, -0.2) is 66.7 Å². The lowest BCUT2D eigenvalue weighted by atomic mass is 10.1. The first-order valence-corrected chi connectivity index (χ1v) is 9.80. The summed E-state index contributed by atoms with van der Waals surface area (Å²) < 4.78 is 23.6. The van der Waals surface area contributed by atoms with Gasteiger partial charge in [0.15, 0.2) is 9.84 Å². The van der Waals surface area contributed by atoms with Crippen molar-refractivity contribution in [3.63, 3.8) is 0 Å². The maximum Gasteiger partial charge on any atom is 0.325 e. The SMILES string of the molecule is O=C1CNC(=O)N1CC(=O)N(Cc1ccccc1)[C@H]1CCS(=O)(=O)C1. The summed E-state index contributed by atoms with van der Waals surface area (Å²) in [7, 11) is -3.17. The van der Waals surface area contributed by atoms with Gasteiger partial charge in [0.1, 0.15) is 6.54 Å². The third-order valence-electron chi connectivity index (χ3n) is 4.40. The van der Waals surface area contributed by atoms with Crippen LogP contribution in [0.5, 0.6) is 0 Å². The van der Waals surface area contributed by atoms with Gasteiger partial charge in [-0.15, -0.1) is 0 Å². The number of urea groups is 1. The van der Waals surface area contributed by atoms with E-state index in [2.05, 4.69) is 5.32 Å². The number of carbonyl (C=O) groups excluding carboxylic acids is 3. The lowest BCUT2D eigenvalue weighted by Gasteiger charge is -2.29. The Morgan fingerprint density at radius 2 is 1.96 bits per heavy atom. The van der Waals surface area contributed by atoms with E-state index in [0.29, 0.717) is 6.42 Å². The molecule has 134 valence electrons. The highest BCUT2D eigenvalue weighted by molar-refractivity contribution is 7.91. The van der Waals surface area contributed by atoms with Crippen LogP contribution in [0.3, 0.4) is 0 Å². The van der Waals surface area contributed by atoms with Gasteiger partial charge in [0.05, 0.1) is 18.1 Å². The standard InChI is InChI=1S/C16H19N3O5S/c20-14-8-17-16(22)19(14)10-15(21)18(9-12-4-2-1-3-5-12)13-6-7-25(23,24)11-13/h1-5,13H,6-11H2,(H,17,22)/t13-/m0/s1.